The SMILES string of the molecule is CSc1ccccc1NC(=O)Nc1n[nH]c2ccc(OCc3ccc(F)cc3C(F)(F)F)cc12. The maximum Gasteiger partial charge on any atom is 0.416 e. The molecule has 1 aromatic heterocycles. The van der Waals surface area contributed by atoms with Crippen molar-refractivity contribution in [2.24, 2.45) is 0 Å². The van der Waals surface area contributed by atoms with Gasteiger partial charge in [0.1, 0.15) is 18.2 Å². The number of nitrogens with zero attached hydrogens (tertiary/aromatic N) is 1. The molecule has 1 heterocycles. The summed E-state index contributed by atoms with van der Waals surface area (Å²) in [6.07, 6.45) is -2.82. The maximum absolute atomic E-state index is 13.3. The van der Waals surface area contributed by atoms with Crippen LogP contribution in [0.4, 0.5) is 33.9 Å². The highest BCUT2D eigenvalue weighted by molar-refractivity contribution is 7.98. The zero-order chi connectivity index (χ0) is 24.3. The first kappa shape index (κ1) is 23.4. The predicted octanol–water partition coefficient (Wildman–Crippen LogP) is 6.67. The van der Waals surface area contributed by atoms with Crippen molar-refractivity contribution < 1.29 is 27.1 Å². The van der Waals surface area contributed by atoms with E-state index >= 15 is 0 Å². The van der Waals surface area contributed by atoms with Crippen molar-refractivity contribution in [2.75, 3.05) is 16.9 Å². The van der Waals surface area contributed by atoms with Gasteiger partial charge in [0.25, 0.3) is 0 Å². The van der Waals surface area contributed by atoms with E-state index < -0.39 is 30.2 Å². The molecule has 0 bridgehead atoms. The number of alkyl halides is 3. The Morgan fingerprint density at radius 3 is 2.65 bits per heavy atom. The number of halogens is 4. The van der Waals surface area contributed by atoms with Crippen LogP contribution in [0.5, 0.6) is 5.75 Å². The Labute approximate surface area is 195 Å². The van der Waals surface area contributed by atoms with Crippen molar-refractivity contribution in [3.8, 4) is 5.75 Å². The lowest BCUT2D eigenvalue weighted by atomic mass is 10.1. The van der Waals surface area contributed by atoms with Gasteiger partial charge in [0.15, 0.2) is 5.82 Å². The van der Waals surface area contributed by atoms with Crippen LogP contribution in [0.15, 0.2) is 65.6 Å². The molecule has 4 aromatic rings. The van der Waals surface area contributed by atoms with Crippen molar-refractivity contribution in [2.45, 2.75) is 17.7 Å². The molecule has 0 saturated heterocycles. The number of carbonyl (C=O) groups is 1. The number of fused-ring (bicyclic) bond motifs is 1. The van der Waals surface area contributed by atoms with E-state index in [1.54, 1.807) is 30.3 Å². The highest BCUT2D eigenvalue weighted by Gasteiger charge is 2.33. The number of anilines is 2. The molecule has 11 heteroatoms. The van der Waals surface area contributed by atoms with E-state index in [-0.39, 0.29) is 17.1 Å². The molecule has 0 radical (unpaired) electrons. The van der Waals surface area contributed by atoms with E-state index in [1.807, 2.05) is 18.4 Å². The molecule has 0 aliphatic carbocycles. The zero-order valence-electron chi connectivity index (χ0n) is 17.7. The molecule has 176 valence electrons. The number of para-hydroxylation sites is 1. The number of hydrogen-bond donors (Lipinski definition) is 3. The Hall–Kier alpha value is -3.73. The van der Waals surface area contributed by atoms with Crippen LogP contribution < -0.4 is 15.4 Å². The number of aromatic nitrogens is 2. The molecular weight excluding hydrogens is 472 g/mol. The lowest BCUT2D eigenvalue weighted by molar-refractivity contribution is -0.138. The Bertz CT molecular complexity index is 1340. The third-order valence-corrected chi connectivity index (χ3v) is 5.69. The second kappa shape index (κ2) is 9.64. The van der Waals surface area contributed by atoms with E-state index in [0.29, 0.717) is 22.7 Å². The predicted molar refractivity (Wildman–Crippen MR) is 123 cm³/mol. The van der Waals surface area contributed by atoms with E-state index in [0.717, 1.165) is 17.0 Å². The minimum Gasteiger partial charge on any atom is -0.489 e. The summed E-state index contributed by atoms with van der Waals surface area (Å²) in [5.74, 6) is -0.509. The number of hydrogen-bond acceptors (Lipinski definition) is 4. The number of nitrogens with one attached hydrogen (secondary N) is 3. The average Bonchev–Trinajstić information content (AvgIpc) is 3.19. The first-order valence-corrected chi connectivity index (χ1v) is 11.1. The van der Waals surface area contributed by atoms with E-state index in [2.05, 4.69) is 20.8 Å². The Morgan fingerprint density at radius 2 is 1.88 bits per heavy atom. The molecule has 0 unspecified atom stereocenters. The molecule has 2 amide bonds. The monoisotopic (exact) mass is 490 g/mol. The molecule has 4 rings (SSSR count). The third kappa shape index (κ3) is 5.25. The number of aromatic amines is 1. The molecule has 34 heavy (non-hydrogen) atoms. The summed E-state index contributed by atoms with van der Waals surface area (Å²) in [5.41, 5.74) is -0.0751. The Morgan fingerprint density at radius 1 is 1.09 bits per heavy atom. The van der Waals surface area contributed by atoms with E-state index in [9.17, 15) is 22.4 Å². The lowest BCUT2D eigenvalue weighted by Crippen LogP contribution is -2.20. The fourth-order valence-corrected chi connectivity index (χ4v) is 3.84. The zero-order valence-corrected chi connectivity index (χ0v) is 18.5. The van der Waals surface area contributed by atoms with Crippen molar-refractivity contribution >= 4 is 40.2 Å². The van der Waals surface area contributed by atoms with Gasteiger partial charge >= 0.3 is 12.2 Å². The van der Waals surface area contributed by atoms with Gasteiger partial charge in [0, 0.05) is 15.8 Å². The average molecular weight is 490 g/mol. The summed E-state index contributed by atoms with van der Waals surface area (Å²) in [5, 5.41) is 12.8. The van der Waals surface area contributed by atoms with Crippen molar-refractivity contribution in [3.63, 3.8) is 0 Å². The van der Waals surface area contributed by atoms with Crippen LogP contribution in [-0.2, 0) is 12.8 Å². The topological polar surface area (TPSA) is 79.0 Å². The maximum atomic E-state index is 13.3. The fourth-order valence-electron chi connectivity index (χ4n) is 3.29. The number of amides is 2. The second-order valence-corrected chi connectivity index (χ2v) is 7.99. The van der Waals surface area contributed by atoms with Gasteiger partial charge in [0.05, 0.1) is 16.8 Å². The summed E-state index contributed by atoms with van der Waals surface area (Å²) in [7, 11) is 0. The van der Waals surface area contributed by atoms with Gasteiger partial charge in [-0.25, -0.2) is 9.18 Å². The fraction of sp³-hybridized carbons (Fsp3) is 0.130. The molecule has 3 aromatic carbocycles. The van der Waals surface area contributed by atoms with Crippen molar-refractivity contribution in [3.05, 3.63) is 77.6 Å². The van der Waals surface area contributed by atoms with Gasteiger partial charge < -0.3 is 10.1 Å². The van der Waals surface area contributed by atoms with Crippen LogP contribution >= 0.6 is 11.8 Å². The van der Waals surface area contributed by atoms with Gasteiger partial charge in [-0.3, -0.25) is 10.4 Å². The van der Waals surface area contributed by atoms with E-state index in [1.165, 1.54) is 11.8 Å². The molecule has 0 saturated carbocycles. The molecule has 6 nitrogen and oxygen atoms in total. The van der Waals surface area contributed by atoms with Gasteiger partial charge in [-0.05, 0) is 48.7 Å². The summed E-state index contributed by atoms with van der Waals surface area (Å²) in [6.45, 7) is -0.423. The van der Waals surface area contributed by atoms with Gasteiger partial charge in [-0.2, -0.15) is 18.3 Å². The first-order chi connectivity index (χ1) is 16.2. The quantitative estimate of drug-likeness (QED) is 0.208. The van der Waals surface area contributed by atoms with Crippen LogP contribution in [0.2, 0.25) is 0 Å². The Kier molecular flexibility index (Phi) is 6.64. The van der Waals surface area contributed by atoms with Crippen LogP contribution in [-0.4, -0.2) is 22.5 Å². The Balaban J connectivity index is 1.50. The number of H-pyrrole nitrogens is 1. The molecule has 0 spiro atoms. The summed E-state index contributed by atoms with van der Waals surface area (Å²) >= 11 is 1.48. The van der Waals surface area contributed by atoms with E-state index in [4.69, 9.17) is 4.74 Å². The van der Waals surface area contributed by atoms with Gasteiger partial charge in [0.2, 0.25) is 0 Å². The standard InChI is InChI=1S/C23H18F4N4O2S/c1-34-20-5-3-2-4-19(20)28-22(32)29-21-16-11-15(8-9-18(16)30-31-21)33-12-13-6-7-14(24)10-17(13)23(25,26)27/h2-11H,12H2,1H3,(H3,28,29,30,31,32). The highest BCUT2D eigenvalue weighted by atomic mass is 32.2. The summed E-state index contributed by atoms with van der Waals surface area (Å²) in [6, 6.07) is 13.9. The van der Waals surface area contributed by atoms with Crippen LogP contribution in [0.3, 0.4) is 0 Å². The number of ether oxygens (including phenoxy) is 1. The largest absolute Gasteiger partial charge is 0.489 e. The molecule has 3 N–H and O–H groups in total. The number of benzene rings is 3. The smallest absolute Gasteiger partial charge is 0.416 e. The number of urea groups is 1. The lowest BCUT2D eigenvalue weighted by Gasteiger charge is -2.14. The molecule has 0 aliphatic rings. The molecule has 0 fully saturated rings. The number of rotatable bonds is 6. The first-order valence-electron chi connectivity index (χ1n) is 9.92. The van der Waals surface area contributed by atoms with Crippen molar-refractivity contribution in [1.82, 2.24) is 10.2 Å². The van der Waals surface area contributed by atoms with Gasteiger partial charge in [-0.1, -0.05) is 18.2 Å². The third-order valence-electron chi connectivity index (χ3n) is 4.89. The number of thioether (sulfide) groups is 1. The normalized spacial score (nSPS) is 11.4. The molecular formula is C23H18F4N4O2S. The van der Waals surface area contributed by atoms with Crippen LogP contribution in [0, 0.1) is 5.82 Å². The second-order valence-electron chi connectivity index (χ2n) is 7.15. The minimum absolute atomic E-state index is 0.202. The van der Waals surface area contributed by atoms with Crippen molar-refractivity contribution in [1.29, 1.82) is 0 Å². The van der Waals surface area contributed by atoms with Gasteiger partial charge in [-0.15, -0.1) is 11.8 Å². The highest BCUT2D eigenvalue weighted by Crippen LogP contribution is 2.33. The number of carbonyl (C=O) groups excluding carboxylic acids is 1. The molecule has 0 atom stereocenters. The molecule has 0 aliphatic heterocycles. The van der Waals surface area contributed by atoms with Crippen LogP contribution in [0.1, 0.15) is 11.1 Å². The minimum atomic E-state index is -4.71. The van der Waals surface area contributed by atoms with Crippen LogP contribution in [0.25, 0.3) is 10.9 Å². The summed E-state index contributed by atoms with van der Waals surface area (Å²) in [4.78, 5) is 13.4. The summed E-state index contributed by atoms with van der Waals surface area (Å²) < 4.78 is 58.5.